The summed E-state index contributed by atoms with van der Waals surface area (Å²) in [5.41, 5.74) is 5.81. The predicted molar refractivity (Wildman–Crippen MR) is 68.3 cm³/mol. The van der Waals surface area contributed by atoms with Crippen LogP contribution in [0.4, 0.5) is 0 Å². The smallest absolute Gasteiger partial charge is 0.237 e. The van der Waals surface area contributed by atoms with Gasteiger partial charge in [0, 0.05) is 4.88 Å². The van der Waals surface area contributed by atoms with E-state index in [4.69, 9.17) is 5.73 Å². The van der Waals surface area contributed by atoms with Crippen molar-refractivity contribution in [1.29, 1.82) is 0 Å². The second-order valence-corrected chi connectivity index (χ2v) is 5.46. The highest BCUT2D eigenvalue weighted by atomic mass is 32.1. The molecule has 1 amide bonds. The van der Waals surface area contributed by atoms with Gasteiger partial charge in [-0.1, -0.05) is 19.9 Å². The summed E-state index contributed by atoms with van der Waals surface area (Å²) >= 11 is 1.64. The summed E-state index contributed by atoms with van der Waals surface area (Å²) in [6, 6.07) is 3.65. The summed E-state index contributed by atoms with van der Waals surface area (Å²) in [6.45, 7) is 6.11. The van der Waals surface area contributed by atoms with Crippen LogP contribution >= 0.6 is 11.3 Å². The van der Waals surface area contributed by atoms with Crippen LogP contribution in [0.25, 0.3) is 0 Å². The molecule has 2 atom stereocenters. The second-order valence-electron chi connectivity index (χ2n) is 4.48. The fourth-order valence-corrected chi connectivity index (χ4v) is 2.28. The molecule has 1 rings (SSSR count). The first kappa shape index (κ1) is 13.2. The Morgan fingerprint density at radius 2 is 2.19 bits per heavy atom. The van der Waals surface area contributed by atoms with Gasteiger partial charge in [0.1, 0.15) is 0 Å². The minimum Gasteiger partial charge on any atom is -0.347 e. The molecule has 0 saturated carbocycles. The zero-order chi connectivity index (χ0) is 12.1. The van der Waals surface area contributed by atoms with Crippen molar-refractivity contribution in [2.45, 2.75) is 39.3 Å². The highest BCUT2D eigenvalue weighted by Gasteiger charge is 2.17. The average Bonchev–Trinajstić information content (AvgIpc) is 2.68. The lowest BCUT2D eigenvalue weighted by molar-refractivity contribution is -0.123. The maximum Gasteiger partial charge on any atom is 0.237 e. The van der Waals surface area contributed by atoms with Crippen LogP contribution in [0.3, 0.4) is 0 Å². The molecule has 0 radical (unpaired) electrons. The van der Waals surface area contributed by atoms with E-state index in [0.717, 1.165) is 11.3 Å². The van der Waals surface area contributed by atoms with E-state index in [1.54, 1.807) is 11.3 Å². The number of thiophene rings is 1. The molecule has 16 heavy (non-hydrogen) atoms. The molecule has 1 unspecified atom stereocenters. The van der Waals surface area contributed by atoms with Gasteiger partial charge in [0.15, 0.2) is 0 Å². The van der Waals surface area contributed by atoms with E-state index in [9.17, 15) is 4.79 Å². The summed E-state index contributed by atoms with van der Waals surface area (Å²) in [7, 11) is 0. The minimum atomic E-state index is -0.401. The van der Waals surface area contributed by atoms with Crippen LogP contribution in [0.2, 0.25) is 0 Å². The summed E-state index contributed by atoms with van der Waals surface area (Å²) in [5, 5.41) is 4.94. The number of carbonyl (C=O) groups excluding carboxylic acids is 1. The number of nitrogens with one attached hydrogen (secondary N) is 1. The third-order valence-electron chi connectivity index (χ3n) is 2.39. The molecule has 3 nitrogen and oxygen atoms in total. The Morgan fingerprint density at radius 1 is 1.50 bits per heavy atom. The van der Waals surface area contributed by atoms with Crippen LogP contribution in [0, 0.1) is 5.92 Å². The zero-order valence-electron chi connectivity index (χ0n) is 10.1. The average molecular weight is 240 g/mol. The molecule has 0 aliphatic rings. The van der Waals surface area contributed by atoms with Crippen LogP contribution in [-0.2, 0) is 4.79 Å². The normalized spacial score (nSPS) is 14.8. The standard InChI is InChI=1S/C12H20N2OS/c1-8(2)7-10(13)12(15)14-9(3)11-5-4-6-16-11/h4-6,8-10H,7,13H2,1-3H3,(H,14,15)/t9?,10-/m0/s1. The summed E-state index contributed by atoms with van der Waals surface area (Å²) in [6.07, 6.45) is 0.725. The maximum absolute atomic E-state index is 11.8. The number of carbonyl (C=O) groups is 1. The van der Waals surface area contributed by atoms with Crippen LogP contribution in [0.15, 0.2) is 17.5 Å². The van der Waals surface area contributed by atoms with E-state index >= 15 is 0 Å². The Kier molecular flexibility index (Phi) is 4.96. The van der Waals surface area contributed by atoms with Gasteiger partial charge in [-0.05, 0) is 30.7 Å². The van der Waals surface area contributed by atoms with E-state index in [1.807, 2.05) is 24.4 Å². The first-order chi connectivity index (χ1) is 7.50. The number of hydrogen-bond donors (Lipinski definition) is 2. The van der Waals surface area contributed by atoms with E-state index in [2.05, 4.69) is 19.2 Å². The Morgan fingerprint density at radius 3 is 2.69 bits per heavy atom. The fraction of sp³-hybridized carbons (Fsp3) is 0.583. The first-order valence-electron chi connectivity index (χ1n) is 5.60. The van der Waals surface area contributed by atoms with Crippen molar-refractivity contribution in [2.75, 3.05) is 0 Å². The molecule has 0 bridgehead atoms. The zero-order valence-corrected chi connectivity index (χ0v) is 10.9. The number of rotatable bonds is 5. The van der Waals surface area contributed by atoms with Crippen molar-refractivity contribution in [3.63, 3.8) is 0 Å². The molecular formula is C12H20N2OS. The van der Waals surface area contributed by atoms with Crippen LogP contribution in [0.5, 0.6) is 0 Å². The maximum atomic E-state index is 11.8. The van der Waals surface area contributed by atoms with Crippen LogP contribution < -0.4 is 11.1 Å². The van der Waals surface area contributed by atoms with Crippen molar-refractivity contribution < 1.29 is 4.79 Å². The monoisotopic (exact) mass is 240 g/mol. The van der Waals surface area contributed by atoms with Gasteiger partial charge in [0.2, 0.25) is 5.91 Å². The lowest BCUT2D eigenvalue weighted by Gasteiger charge is -2.17. The van der Waals surface area contributed by atoms with E-state index in [1.165, 1.54) is 0 Å². The molecule has 0 aromatic carbocycles. The third-order valence-corrected chi connectivity index (χ3v) is 3.45. The minimum absolute atomic E-state index is 0.0470. The van der Waals surface area contributed by atoms with Crippen molar-refractivity contribution in [2.24, 2.45) is 11.7 Å². The van der Waals surface area contributed by atoms with Gasteiger partial charge in [0.25, 0.3) is 0 Å². The largest absolute Gasteiger partial charge is 0.347 e. The molecule has 1 heterocycles. The lowest BCUT2D eigenvalue weighted by Crippen LogP contribution is -2.42. The topological polar surface area (TPSA) is 55.1 Å². The number of nitrogens with two attached hydrogens (primary N) is 1. The molecule has 4 heteroatoms. The second kappa shape index (κ2) is 6.01. The third kappa shape index (κ3) is 3.94. The van der Waals surface area contributed by atoms with Crippen molar-refractivity contribution in [3.05, 3.63) is 22.4 Å². The first-order valence-corrected chi connectivity index (χ1v) is 6.48. The van der Waals surface area contributed by atoms with Gasteiger partial charge in [-0.2, -0.15) is 0 Å². The van der Waals surface area contributed by atoms with E-state index in [-0.39, 0.29) is 11.9 Å². The fourth-order valence-electron chi connectivity index (χ4n) is 1.54. The van der Waals surface area contributed by atoms with Crippen molar-refractivity contribution in [3.8, 4) is 0 Å². The van der Waals surface area contributed by atoms with Crippen LogP contribution in [-0.4, -0.2) is 11.9 Å². The molecule has 90 valence electrons. The highest BCUT2D eigenvalue weighted by Crippen LogP contribution is 2.18. The van der Waals surface area contributed by atoms with Crippen molar-refractivity contribution >= 4 is 17.2 Å². The quantitative estimate of drug-likeness (QED) is 0.829. The molecule has 1 aromatic heterocycles. The molecule has 3 N–H and O–H groups in total. The molecule has 0 saturated heterocycles. The number of amides is 1. The Hall–Kier alpha value is -0.870. The lowest BCUT2D eigenvalue weighted by atomic mass is 10.0. The molecule has 0 spiro atoms. The van der Waals surface area contributed by atoms with Gasteiger partial charge >= 0.3 is 0 Å². The SMILES string of the molecule is CC(C)C[C@H](N)C(=O)NC(C)c1cccs1. The summed E-state index contributed by atoms with van der Waals surface area (Å²) < 4.78 is 0. The molecule has 0 fully saturated rings. The van der Waals surface area contributed by atoms with Gasteiger partial charge in [0.05, 0.1) is 12.1 Å². The summed E-state index contributed by atoms with van der Waals surface area (Å²) in [4.78, 5) is 12.9. The Labute approximate surface area is 101 Å². The van der Waals surface area contributed by atoms with Gasteiger partial charge in [-0.3, -0.25) is 4.79 Å². The van der Waals surface area contributed by atoms with E-state index in [0.29, 0.717) is 5.92 Å². The Balaban J connectivity index is 2.45. The Bertz CT molecular complexity index is 322. The molecule has 0 aliphatic carbocycles. The molecule has 1 aromatic rings. The number of hydrogen-bond acceptors (Lipinski definition) is 3. The predicted octanol–water partition coefficient (Wildman–Crippen LogP) is 2.30. The molecular weight excluding hydrogens is 220 g/mol. The van der Waals surface area contributed by atoms with Gasteiger partial charge < -0.3 is 11.1 Å². The summed E-state index contributed by atoms with van der Waals surface area (Å²) in [5.74, 6) is 0.382. The van der Waals surface area contributed by atoms with Crippen LogP contribution in [0.1, 0.15) is 38.1 Å². The van der Waals surface area contributed by atoms with Gasteiger partial charge in [-0.15, -0.1) is 11.3 Å². The van der Waals surface area contributed by atoms with E-state index < -0.39 is 6.04 Å². The molecule has 0 aliphatic heterocycles. The van der Waals surface area contributed by atoms with Gasteiger partial charge in [-0.25, -0.2) is 0 Å². The highest BCUT2D eigenvalue weighted by molar-refractivity contribution is 7.10. The van der Waals surface area contributed by atoms with Crippen molar-refractivity contribution in [1.82, 2.24) is 5.32 Å².